The Balaban J connectivity index is 1.45. The fourth-order valence-electron chi connectivity index (χ4n) is 2.87. The van der Waals surface area contributed by atoms with Gasteiger partial charge in [0.05, 0.1) is 11.9 Å². The van der Waals surface area contributed by atoms with Crippen molar-refractivity contribution in [2.45, 2.75) is 25.4 Å². The number of nitrogens with zero attached hydrogens (tertiary/aromatic N) is 4. The third-order valence-electron chi connectivity index (χ3n) is 4.41. The number of carbonyl (C=O) groups is 1. The molecule has 0 N–H and O–H groups in total. The van der Waals surface area contributed by atoms with Crippen LogP contribution in [-0.2, 0) is 11.3 Å². The zero-order chi connectivity index (χ0) is 17.8. The molecular formula is C21H20N4O. The number of pyridine rings is 1. The number of hydrogen-bond donors (Lipinski definition) is 0. The lowest BCUT2D eigenvalue weighted by atomic mass is 10.2. The number of para-hydroxylation sites is 1. The van der Waals surface area contributed by atoms with Crippen molar-refractivity contribution >= 4 is 12.0 Å². The van der Waals surface area contributed by atoms with Gasteiger partial charge >= 0.3 is 0 Å². The highest BCUT2D eigenvalue weighted by Crippen LogP contribution is 2.28. The van der Waals surface area contributed by atoms with Crippen molar-refractivity contribution in [2.75, 3.05) is 0 Å². The van der Waals surface area contributed by atoms with Gasteiger partial charge in [-0.2, -0.15) is 5.10 Å². The van der Waals surface area contributed by atoms with Gasteiger partial charge in [0.1, 0.15) is 0 Å². The van der Waals surface area contributed by atoms with Crippen LogP contribution < -0.4 is 0 Å². The van der Waals surface area contributed by atoms with Crippen LogP contribution in [-0.4, -0.2) is 31.6 Å². The summed E-state index contributed by atoms with van der Waals surface area (Å²) in [4.78, 5) is 18.6. The van der Waals surface area contributed by atoms with E-state index in [0.29, 0.717) is 12.6 Å². The van der Waals surface area contributed by atoms with Crippen molar-refractivity contribution in [2.24, 2.45) is 0 Å². The molecule has 5 heteroatoms. The van der Waals surface area contributed by atoms with Gasteiger partial charge in [-0.15, -0.1) is 0 Å². The Hall–Kier alpha value is -3.21. The van der Waals surface area contributed by atoms with Crippen LogP contribution in [0.3, 0.4) is 0 Å². The van der Waals surface area contributed by atoms with Crippen molar-refractivity contribution < 1.29 is 4.79 Å². The summed E-state index contributed by atoms with van der Waals surface area (Å²) in [6.07, 6.45) is 12.8. The summed E-state index contributed by atoms with van der Waals surface area (Å²) in [5.41, 5.74) is 3.00. The predicted molar refractivity (Wildman–Crippen MR) is 100 cm³/mol. The highest BCUT2D eigenvalue weighted by atomic mass is 16.2. The molecule has 5 nitrogen and oxygen atoms in total. The number of rotatable bonds is 6. The van der Waals surface area contributed by atoms with Gasteiger partial charge in [0, 0.05) is 42.8 Å². The molecule has 2 heterocycles. The van der Waals surface area contributed by atoms with E-state index in [1.165, 1.54) is 0 Å². The SMILES string of the molecule is O=C(/C=C/c1cnn(-c2ccccc2)c1)N(Cc1ccncc1)C1CC1. The zero-order valence-corrected chi connectivity index (χ0v) is 14.4. The molecule has 0 bridgehead atoms. The molecule has 0 aliphatic heterocycles. The molecule has 1 aromatic carbocycles. The van der Waals surface area contributed by atoms with Crippen molar-refractivity contribution in [3.63, 3.8) is 0 Å². The Labute approximate surface area is 152 Å². The largest absolute Gasteiger partial charge is 0.332 e. The average molecular weight is 344 g/mol. The lowest BCUT2D eigenvalue weighted by Crippen LogP contribution is -2.31. The van der Waals surface area contributed by atoms with E-state index in [4.69, 9.17) is 0 Å². The van der Waals surface area contributed by atoms with Gasteiger partial charge in [0.2, 0.25) is 5.91 Å². The smallest absolute Gasteiger partial charge is 0.247 e. The fourth-order valence-corrected chi connectivity index (χ4v) is 2.87. The molecule has 3 aromatic rings. The maximum Gasteiger partial charge on any atom is 0.247 e. The van der Waals surface area contributed by atoms with Crippen LogP contribution in [0.2, 0.25) is 0 Å². The molecule has 1 aliphatic carbocycles. The third kappa shape index (κ3) is 3.88. The molecule has 1 saturated carbocycles. The van der Waals surface area contributed by atoms with Crippen LogP contribution in [0.5, 0.6) is 0 Å². The average Bonchev–Trinajstić information content (AvgIpc) is 3.42. The minimum atomic E-state index is 0.0387. The standard InChI is InChI=1S/C21H20N4O/c26-21(24(19-7-8-19)15-17-10-12-22-13-11-17)9-6-18-14-23-25(16-18)20-4-2-1-3-5-20/h1-6,9-14,16,19H,7-8,15H2/b9-6+. The van der Waals surface area contributed by atoms with Crippen molar-refractivity contribution in [1.82, 2.24) is 19.7 Å². The third-order valence-corrected chi connectivity index (χ3v) is 4.41. The van der Waals surface area contributed by atoms with Crippen molar-refractivity contribution in [3.05, 3.63) is 84.5 Å². The molecule has 0 unspecified atom stereocenters. The van der Waals surface area contributed by atoms with Crippen LogP contribution in [0.1, 0.15) is 24.0 Å². The predicted octanol–water partition coefficient (Wildman–Crippen LogP) is 3.47. The van der Waals surface area contributed by atoms with Crippen LogP contribution in [0.25, 0.3) is 11.8 Å². The molecule has 0 saturated heterocycles. The van der Waals surface area contributed by atoms with Crippen LogP contribution >= 0.6 is 0 Å². The molecule has 0 radical (unpaired) electrons. The van der Waals surface area contributed by atoms with Crippen molar-refractivity contribution in [1.29, 1.82) is 0 Å². The van der Waals surface area contributed by atoms with Crippen molar-refractivity contribution in [3.8, 4) is 5.69 Å². The van der Waals surface area contributed by atoms with Gasteiger partial charge in [-0.1, -0.05) is 18.2 Å². The summed E-state index contributed by atoms with van der Waals surface area (Å²) in [6, 6.07) is 14.2. The molecule has 1 fully saturated rings. The molecular weight excluding hydrogens is 324 g/mol. The highest BCUT2D eigenvalue weighted by Gasteiger charge is 2.31. The van der Waals surface area contributed by atoms with Gasteiger partial charge in [0.15, 0.2) is 0 Å². The van der Waals surface area contributed by atoms with E-state index in [9.17, 15) is 4.79 Å². The second-order valence-corrected chi connectivity index (χ2v) is 6.44. The van der Waals surface area contributed by atoms with Crippen LogP contribution in [0.15, 0.2) is 73.3 Å². The topological polar surface area (TPSA) is 51.0 Å². The maximum atomic E-state index is 12.7. The lowest BCUT2D eigenvalue weighted by molar-refractivity contribution is -0.127. The summed E-state index contributed by atoms with van der Waals surface area (Å²) in [7, 11) is 0. The first-order valence-electron chi connectivity index (χ1n) is 8.77. The van der Waals surface area contributed by atoms with E-state index >= 15 is 0 Å². The second-order valence-electron chi connectivity index (χ2n) is 6.44. The van der Waals surface area contributed by atoms with Gasteiger partial charge < -0.3 is 4.90 Å². The summed E-state index contributed by atoms with van der Waals surface area (Å²) >= 11 is 0. The first-order valence-corrected chi connectivity index (χ1v) is 8.77. The summed E-state index contributed by atoms with van der Waals surface area (Å²) in [6.45, 7) is 0.625. The number of benzene rings is 1. The molecule has 0 spiro atoms. The van der Waals surface area contributed by atoms with Gasteiger partial charge in [0.25, 0.3) is 0 Å². The van der Waals surface area contributed by atoms with Gasteiger partial charge in [-0.05, 0) is 48.7 Å². The summed E-state index contributed by atoms with van der Waals surface area (Å²) < 4.78 is 1.81. The number of hydrogen-bond acceptors (Lipinski definition) is 3. The zero-order valence-electron chi connectivity index (χ0n) is 14.4. The Bertz CT molecular complexity index is 898. The summed E-state index contributed by atoms with van der Waals surface area (Å²) in [5.74, 6) is 0.0387. The second kappa shape index (κ2) is 7.35. The normalized spacial score (nSPS) is 13.8. The number of amides is 1. The molecule has 1 amide bonds. The minimum Gasteiger partial charge on any atom is -0.332 e. The molecule has 0 atom stereocenters. The van der Waals surface area contributed by atoms with Crippen LogP contribution in [0.4, 0.5) is 0 Å². The van der Waals surface area contributed by atoms with Gasteiger partial charge in [-0.3, -0.25) is 9.78 Å². The molecule has 4 rings (SSSR count). The lowest BCUT2D eigenvalue weighted by Gasteiger charge is -2.20. The summed E-state index contributed by atoms with van der Waals surface area (Å²) in [5, 5.41) is 4.36. The van der Waals surface area contributed by atoms with E-state index < -0.39 is 0 Å². The highest BCUT2D eigenvalue weighted by molar-refractivity contribution is 5.92. The number of aromatic nitrogens is 3. The Kier molecular flexibility index (Phi) is 4.60. The molecule has 1 aliphatic rings. The Morgan fingerprint density at radius 1 is 1.15 bits per heavy atom. The van der Waals surface area contributed by atoms with Gasteiger partial charge in [-0.25, -0.2) is 4.68 Å². The van der Waals surface area contributed by atoms with Crippen LogP contribution in [0, 0.1) is 0 Å². The fraction of sp³-hybridized carbons (Fsp3) is 0.190. The van der Waals surface area contributed by atoms with E-state index in [2.05, 4.69) is 10.1 Å². The minimum absolute atomic E-state index is 0.0387. The monoisotopic (exact) mass is 344 g/mol. The quantitative estimate of drug-likeness (QED) is 0.643. The van der Waals surface area contributed by atoms with E-state index in [1.807, 2.05) is 59.6 Å². The first kappa shape index (κ1) is 16.3. The Morgan fingerprint density at radius 2 is 1.92 bits per heavy atom. The molecule has 2 aromatic heterocycles. The molecule has 130 valence electrons. The maximum absolute atomic E-state index is 12.7. The first-order chi connectivity index (χ1) is 12.8. The molecule has 26 heavy (non-hydrogen) atoms. The number of carbonyl (C=O) groups excluding carboxylic acids is 1. The van der Waals surface area contributed by atoms with E-state index in [0.717, 1.165) is 29.7 Å². The Morgan fingerprint density at radius 3 is 2.65 bits per heavy atom. The van der Waals surface area contributed by atoms with E-state index in [-0.39, 0.29) is 5.91 Å². The van der Waals surface area contributed by atoms with E-state index in [1.54, 1.807) is 29.3 Å².